The predicted octanol–water partition coefficient (Wildman–Crippen LogP) is 2.63. The van der Waals surface area contributed by atoms with E-state index in [-0.39, 0.29) is 10.7 Å². The molecule has 1 aromatic carbocycles. The Morgan fingerprint density at radius 3 is 2.37 bits per heavy atom. The summed E-state index contributed by atoms with van der Waals surface area (Å²) in [5, 5.41) is 11.4. The zero-order chi connectivity index (χ0) is 13.9. The van der Waals surface area contributed by atoms with E-state index in [1.165, 1.54) is 24.3 Å². The Morgan fingerprint density at radius 2 is 1.79 bits per heavy atom. The Kier molecular flexibility index (Phi) is 3.48. The van der Waals surface area contributed by atoms with Crippen molar-refractivity contribution in [2.45, 2.75) is 4.90 Å². The summed E-state index contributed by atoms with van der Waals surface area (Å²) in [7, 11) is -3.58. The van der Waals surface area contributed by atoms with E-state index in [0.29, 0.717) is 0 Å². The fourth-order valence-corrected chi connectivity index (χ4v) is 2.38. The van der Waals surface area contributed by atoms with E-state index in [4.69, 9.17) is 4.42 Å². The van der Waals surface area contributed by atoms with Crippen molar-refractivity contribution in [1.82, 2.24) is 0 Å². The van der Waals surface area contributed by atoms with Gasteiger partial charge in [-0.2, -0.15) is 0 Å². The summed E-state index contributed by atoms with van der Waals surface area (Å²) in [4.78, 5) is 9.86. The number of furan rings is 1. The number of nitrogens with zero attached hydrogens (tertiary/aromatic N) is 1. The Labute approximate surface area is 109 Å². The van der Waals surface area contributed by atoms with Crippen LogP contribution in [0.15, 0.2) is 57.2 Å². The summed E-state index contributed by atoms with van der Waals surface area (Å²) in [6.45, 7) is 0. The maximum Gasteiger partial charge on any atom is 0.433 e. The van der Waals surface area contributed by atoms with Crippen LogP contribution in [0.1, 0.15) is 5.76 Å². The van der Waals surface area contributed by atoms with Gasteiger partial charge in [-0.1, -0.05) is 18.2 Å². The smallest absolute Gasteiger partial charge is 0.401 e. The molecule has 0 fully saturated rings. The molecule has 0 atom stereocenters. The van der Waals surface area contributed by atoms with E-state index >= 15 is 0 Å². The van der Waals surface area contributed by atoms with E-state index in [1.807, 2.05) is 0 Å². The average Bonchev–Trinajstić information content (AvgIpc) is 2.87. The molecule has 19 heavy (non-hydrogen) atoms. The lowest BCUT2D eigenvalue weighted by atomic mass is 10.4. The minimum atomic E-state index is -3.58. The summed E-state index contributed by atoms with van der Waals surface area (Å²) >= 11 is 0. The van der Waals surface area contributed by atoms with Gasteiger partial charge >= 0.3 is 5.88 Å². The number of nitro groups is 1. The molecular formula is C12H9NO5S. The maximum atomic E-state index is 11.9. The topological polar surface area (TPSA) is 90.4 Å². The number of hydrogen-bond donors (Lipinski definition) is 0. The molecular weight excluding hydrogens is 270 g/mol. The summed E-state index contributed by atoms with van der Waals surface area (Å²) in [5.74, 6) is -0.331. The van der Waals surface area contributed by atoms with Crippen LogP contribution in [-0.2, 0) is 9.84 Å². The quantitative estimate of drug-likeness (QED) is 0.633. The number of sulfone groups is 1. The highest BCUT2D eigenvalue weighted by atomic mass is 32.2. The van der Waals surface area contributed by atoms with Crippen LogP contribution in [0.25, 0.3) is 6.08 Å². The van der Waals surface area contributed by atoms with Gasteiger partial charge in [0.2, 0.25) is 0 Å². The molecule has 2 aromatic rings. The number of hydrogen-bond acceptors (Lipinski definition) is 5. The fraction of sp³-hybridized carbons (Fsp3) is 0. The second-order valence-corrected chi connectivity index (χ2v) is 5.43. The first-order valence-corrected chi connectivity index (χ1v) is 6.76. The third-order valence-corrected chi connectivity index (χ3v) is 3.70. The van der Waals surface area contributed by atoms with Crippen LogP contribution in [0.5, 0.6) is 0 Å². The van der Waals surface area contributed by atoms with Crippen LogP contribution < -0.4 is 0 Å². The van der Waals surface area contributed by atoms with Crippen molar-refractivity contribution in [2.75, 3.05) is 0 Å². The van der Waals surface area contributed by atoms with E-state index in [0.717, 1.165) is 11.5 Å². The Morgan fingerprint density at radius 1 is 1.11 bits per heavy atom. The van der Waals surface area contributed by atoms with Gasteiger partial charge in [0.05, 0.1) is 11.0 Å². The summed E-state index contributed by atoms with van der Waals surface area (Å²) in [6.07, 6.45) is 1.18. The third-order valence-electron chi connectivity index (χ3n) is 2.28. The first-order valence-electron chi connectivity index (χ1n) is 5.21. The predicted molar refractivity (Wildman–Crippen MR) is 68.0 cm³/mol. The molecule has 1 heterocycles. The molecule has 0 aliphatic rings. The SMILES string of the molecule is O=[N+]([O-])c1ccc(/C=C/S(=O)(=O)c2ccccc2)o1. The highest BCUT2D eigenvalue weighted by molar-refractivity contribution is 7.94. The molecule has 0 spiro atoms. The number of benzene rings is 1. The number of rotatable bonds is 4. The van der Waals surface area contributed by atoms with Gasteiger partial charge in [-0.15, -0.1) is 0 Å². The van der Waals surface area contributed by atoms with Crippen LogP contribution in [-0.4, -0.2) is 13.3 Å². The molecule has 0 N–H and O–H groups in total. The van der Waals surface area contributed by atoms with Gasteiger partial charge in [0, 0.05) is 5.41 Å². The monoisotopic (exact) mass is 279 g/mol. The van der Waals surface area contributed by atoms with Gasteiger partial charge in [-0.25, -0.2) is 8.42 Å². The van der Waals surface area contributed by atoms with Crippen LogP contribution in [0.4, 0.5) is 5.88 Å². The first kappa shape index (κ1) is 13.0. The van der Waals surface area contributed by atoms with Crippen LogP contribution in [0, 0.1) is 10.1 Å². The van der Waals surface area contributed by atoms with Crippen LogP contribution in [0.2, 0.25) is 0 Å². The lowest BCUT2D eigenvalue weighted by Gasteiger charge is -1.96. The highest BCUT2D eigenvalue weighted by Crippen LogP contribution is 2.18. The van der Waals surface area contributed by atoms with Crippen molar-refractivity contribution in [3.63, 3.8) is 0 Å². The Hall–Kier alpha value is -2.41. The first-order chi connectivity index (χ1) is 8.99. The molecule has 0 saturated heterocycles. The van der Waals surface area contributed by atoms with Crippen molar-refractivity contribution in [3.8, 4) is 0 Å². The molecule has 2 rings (SSSR count). The minimum Gasteiger partial charge on any atom is -0.401 e. The van der Waals surface area contributed by atoms with Gasteiger partial charge in [-0.05, 0) is 24.3 Å². The van der Waals surface area contributed by atoms with E-state index in [9.17, 15) is 18.5 Å². The second kappa shape index (κ2) is 5.07. The van der Waals surface area contributed by atoms with E-state index in [2.05, 4.69) is 0 Å². The van der Waals surface area contributed by atoms with Gasteiger partial charge in [0.15, 0.2) is 9.84 Å². The second-order valence-electron chi connectivity index (χ2n) is 3.59. The third kappa shape index (κ3) is 3.08. The lowest BCUT2D eigenvalue weighted by Crippen LogP contribution is -1.94. The molecule has 98 valence electrons. The molecule has 0 bridgehead atoms. The molecule has 7 heteroatoms. The van der Waals surface area contributed by atoms with E-state index in [1.54, 1.807) is 18.2 Å². The molecule has 0 unspecified atom stereocenters. The average molecular weight is 279 g/mol. The van der Waals surface area contributed by atoms with Gasteiger partial charge in [0.25, 0.3) is 0 Å². The normalized spacial score (nSPS) is 11.8. The fourth-order valence-electron chi connectivity index (χ4n) is 1.38. The summed E-state index contributed by atoms with van der Waals surface area (Å²) in [6, 6.07) is 10.3. The van der Waals surface area contributed by atoms with Crippen LogP contribution >= 0.6 is 0 Å². The molecule has 1 aromatic heterocycles. The van der Waals surface area contributed by atoms with Gasteiger partial charge < -0.3 is 4.42 Å². The standard InChI is InChI=1S/C12H9NO5S/c14-13(15)12-7-6-10(18-12)8-9-19(16,17)11-4-2-1-3-5-11/h1-9H/b9-8+. The Balaban J connectivity index is 2.25. The van der Waals surface area contributed by atoms with Crippen molar-refractivity contribution >= 4 is 21.8 Å². The lowest BCUT2D eigenvalue weighted by molar-refractivity contribution is -0.402. The van der Waals surface area contributed by atoms with Crippen molar-refractivity contribution < 1.29 is 17.8 Å². The zero-order valence-corrected chi connectivity index (χ0v) is 10.4. The van der Waals surface area contributed by atoms with Crippen LogP contribution in [0.3, 0.4) is 0 Å². The van der Waals surface area contributed by atoms with Gasteiger partial charge in [-0.3, -0.25) is 10.1 Å². The largest absolute Gasteiger partial charge is 0.433 e. The van der Waals surface area contributed by atoms with E-state index < -0.39 is 20.6 Å². The molecule has 0 aliphatic carbocycles. The highest BCUT2D eigenvalue weighted by Gasteiger charge is 2.12. The molecule has 0 radical (unpaired) electrons. The zero-order valence-electron chi connectivity index (χ0n) is 9.59. The molecule has 0 saturated carbocycles. The molecule has 0 amide bonds. The van der Waals surface area contributed by atoms with Crippen molar-refractivity contribution in [2.24, 2.45) is 0 Å². The molecule has 6 nitrogen and oxygen atoms in total. The summed E-state index contributed by atoms with van der Waals surface area (Å²) < 4.78 is 28.6. The van der Waals surface area contributed by atoms with Crippen molar-refractivity contribution in [3.05, 3.63) is 63.7 Å². The van der Waals surface area contributed by atoms with Crippen molar-refractivity contribution in [1.29, 1.82) is 0 Å². The van der Waals surface area contributed by atoms with Gasteiger partial charge in [0.1, 0.15) is 10.7 Å². The molecule has 0 aliphatic heterocycles. The minimum absolute atomic E-state index is 0.103. The Bertz CT molecular complexity index is 716. The maximum absolute atomic E-state index is 11.9. The summed E-state index contributed by atoms with van der Waals surface area (Å²) in [5.41, 5.74) is 0.